The van der Waals surface area contributed by atoms with Crippen molar-refractivity contribution in [2.24, 2.45) is 0 Å². The first-order valence-electron chi connectivity index (χ1n) is 37.2. The van der Waals surface area contributed by atoms with Crippen molar-refractivity contribution in [3.63, 3.8) is 0 Å². The van der Waals surface area contributed by atoms with Crippen molar-refractivity contribution in [1.29, 1.82) is 0 Å². The number of aliphatic carboxylic acids is 1. The van der Waals surface area contributed by atoms with E-state index in [1.54, 1.807) is 0 Å². The van der Waals surface area contributed by atoms with Gasteiger partial charge in [-0.15, -0.1) is 0 Å². The first-order chi connectivity index (χ1) is 55.6. The molecule has 8 aliphatic heterocycles. The molecular formula is C65H110N4O49. The molecular weight excluding hydrogens is 1620 g/mol. The third-order valence-corrected chi connectivity index (χ3v) is 21.0. The van der Waals surface area contributed by atoms with E-state index in [1.165, 1.54) is 0 Å². The molecule has 8 fully saturated rings. The van der Waals surface area contributed by atoms with E-state index in [1.807, 2.05) is 0 Å². The molecule has 45 atom stereocenters. The molecule has 4 amide bonds. The van der Waals surface area contributed by atoms with Crippen LogP contribution >= 0.6 is 0 Å². The van der Waals surface area contributed by atoms with Gasteiger partial charge in [0, 0.05) is 34.1 Å². The fourth-order valence-corrected chi connectivity index (χ4v) is 14.7. The predicted octanol–water partition coefficient (Wildman–Crippen LogP) is -21.2. The summed E-state index contributed by atoms with van der Waals surface area (Å²) >= 11 is 0. The normalized spacial score (nSPS) is 44.7. The van der Waals surface area contributed by atoms with Gasteiger partial charge in [0.1, 0.15) is 213 Å². The van der Waals surface area contributed by atoms with Crippen LogP contribution in [0.5, 0.6) is 0 Å². The standard InChI is InChI=1S/C65H110N4O49/c1-16(78)66-31-20(82)5-65(64(101)102,118-54(31)36(87)22(84)7-71)104-15-30-38(89)45(96)47(98)61(111-30)113-52-28(13-77)109-58(33(43(52)94)68-18(3)80)116-55-40(91)26(11-75)107-62(48(55)99)114-51-27(12-76)108-57(32(42(51)93)67-17(2)79)103-14-29-41(92)56(49(100)63(110-29)112-50(23(85)8-72)35(86)21(83)6-70)117-59-34(69-19(4)81)53(39(90)25(10-74)105-59)115-60-46(97)44(95)37(88)24(9-73)106-60/h20-63,70-77,82-100H,5-15H2,1-4H3,(H,66,78)(H,67,79)(H,68,80)(H,69,81)(H,101,102)/t20-,21-,22+,23+,24+,25+,26+,27+,28+,29+,30+,31+,32+,33+,34+,35+,36+,37-,38-,39+,40-,41-,42+,43+,44-,45-,46+,47+,48+,49+,50+,51+,52+,53+,54+,55-,56-,57+,58-,59-,60-,61-,62-,63-,65+/m0/s1. The lowest BCUT2D eigenvalue weighted by Crippen LogP contribution is -2.70. The first-order valence-corrected chi connectivity index (χ1v) is 37.2. The van der Waals surface area contributed by atoms with Crippen molar-refractivity contribution in [1.82, 2.24) is 21.3 Å². The van der Waals surface area contributed by atoms with Crippen molar-refractivity contribution >= 4 is 29.6 Å². The molecule has 8 saturated heterocycles. The maximum atomic E-state index is 13.0. The van der Waals surface area contributed by atoms with Crippen LogP contribution in [0, 0.1) is 0 Å². The van der Waals surface area contributed by atoms with Gasteiger partial charge in [-0.1, -0.05) is 0 Å². The molecule has 0 bridgehead atoms. The second-order valence-corrected chi connectivity index (χ2v) is 29.4. The Morgan fingerprint density at radius 1 is 0.364 bits per heavy atom. The van der Waals surface area contributed by atoms with Crippen LogP contribution in [-0.4, -0.2) is 514 Å². The Labute approximate surface area is 667 Å². The highest BCUT2D eigenvalue weighted by molar-refractivity contribution is 5.77. The Bertz CT molecular complexity index is 3150. The first kappa shape index (κ1) is 99.1. The zero-order chi connectivity index (χ0) is 87.7. The third-order valence-electron chi connectivity index (χ3n) is 21.0. The molecule has 32 N–H and O–H groups in total. The molecule has 8 heterocycles. The van der Waals surface area contributed by atoms with Gasteiger partial charge in [0.25, 0.3) is 5.79 Å². The summed E-state index contributed by atoms with van der Waals surface area (Å²) in [6, 6.07) is -7.49. The van der Waals surface area contributed by atoms with Gasteiger partial charge in [-0.2, -0.15) is 0 Å². The van der Waals surface area contributed by atoms with Crippen LogP contribution in [0.25, 0.3) is 0 Å². The second-order valence-electron chi connectivity index (χ2n) is 29.4. The van der Waals surface area contributed by atoms with Crippen LogP contribution in [0.1, 0.15) is 34.1 Å². The lowest BCUT2D eigenvalue weighted by molar-refractivity contribution is -0.382. The molecule has 0 aliphatic carbocycles. The maximum Gasteiger partial charge on any atom is 0.364 e. The number of hydrogen-bond acceptors (Lipinski definition) is 48. The number of rotatable bonds is 36. The zero-order valence-corrected chi connectivity index (χ0v) is 63.3. The average molecular weight is 1730 g/mol. The Kier molecular flexibility index (Phi) is 36.5. The minimum Gasteiger partial charge on any atom is -0.477 e. The topological polar surface area (TPSA) is 848 Å². The van der Waals surface area contributed by atoms with Gasteiger partial charge in [-0.25, -0.2) is 4.79 Å². The number of hydrogen-bond donors (Lipinski definition) is 32. The number of amides is 4. The molecule has 684 valence electrons. The molecule has 0 unspecified atom stereocenters. The van der Waals surface area contributed by atoms with E-state index < -0.39 is 378 Å². The number of carbonyl (C=O) groups excluding carboxylic acids is 4. The molecule has 0 aromatic heterocycles. The minimum atomic E-state index is -3.06. The van der Waals surface area contributed by atoms with E-state index >= 15 is 0 Å². The molecule has 53 nitrogen and oxygen atoms in total. The highest BCUT2D eigenvalue weighted by Gasteiger charge is 2.62. The largest absolute Gasteiger partial charge is 0.477 e. The lowest BCUT2D eigenvalue weighted by atomic mass is 9.88. The van der Waals surface area contributed by atoms with Crippen LogP contribution in [0.2, 0.25) is 0 Å². The fraction of sp³-hybridized carbons (Fsp3) is 0.923. The van der Waals surface area contributed by atoms with Gasteiger partial charge in [0.15, 0.2) is 44.0 Å². The Morgan fingerprint density at radius 2 is 0.720 bits per heavy atom. The van der Waals surface area contributed by atoms with Gasteiger partial charge < -0.3 is 240 Å². The third kappa shape index (κ3) is 22.5. The molecule has 0 aromatic rings. The van der Waals surface area contributed by atoms with Crippen molar-refractivity contribution in [3.8, 4) is 0 Å². The van der Waals surface area contributed by atoms with Gasteiger partial charge in [-0.05, 0) is 0 Å². The molecule has 0 spiro atoms. The Hall–Kier alpha value is -4.37. The quantitative estimate of drug-likeness (QED) is 0.0277. The summed E-state index contributed by atoms with van der Waals surface area (Å²) in [6.07, 6.45) is -86.8. The van der Waals surface area contributed by atoms with Crippen LogP contribution in [0.15, 0.2) is 0 Å². The monoisotopic (exact) mass is 1730 g/mol. The second kappa shape index (κ2) is 43.5. The summed E-state index contributed by atoms with van der Waals surface area (Å²) in [5.74, 6) is -8.82. The molecule has 0 saturated carbocycles. The number of carbonyl (C=O) groups is 5. The maximum absolute atomic E-state index is 13.0. The summed E-state index contributed by atoms with van der Waals surface area (Å²) in [7, 11) is 0. The van der Waals surface area contributed by atoms with Gasteiger partial charge in [0.2, 0.25) is 23.6 Å². The van der Waals surface area contributed by atoms with Crippen LogP contribution < -0.4 is 21.3 Å². The van der Waals surface area contributed by atoms with E-state index in [9.17, 15) is 167 Å². The molecule has 0 aromatic carbocycles. The van der Waals surface area contributed by atoms with Crippen LogP contribution in [-0.2, 0) is 99.8 Å². The molecule has 0 radical (unpaired) electrons. The van der Waals surface area contributed by atoms with Crippen molar-refractivity contribution in [2.75, 3.05) is 66.1 Å². The van der Waals surface area contributed by atoms with Crippen molar-refractivity contribution in [3.05, 3.63) is 0 Å². The number of ether oxygens (including phenoxy) is 16. The van der Waals surface area contributed by atoms with Crippen LogP contribution in [0.4, 0.5) is 0 Å². The van der Waals surface area contributed by atoms with E-state index in [-0.39, 0.29) is 0 Å². The SMILES string of the molecule is CC(=O)N[C@H]1[C@H](O[C@H]2[C@@H](O)[C@@H](CO)O[C@@H](O[C@H]3[C@H](O)[C@@H](NC(C)=O)[C@H](OC[C@H]4O[C@@H](O[C@@H]([C@H](O)[C@@H](O)CO)[C@H](O)CO)[C@H](O)[C@@H](O[C@@H]5O[C@H](CO)[C@@H](O)[C@H](O[C@@H]6O[C@H](CO)[C@H](O)[C@H](O)[C@H]6O)[C@H]5NC(C)=O)[C@H]4O)O[C@@H]3CO)[C@@H]2O)O[C@H](CO)[C@@H](O[C@@H]2O[C@H](CO[C@]3(C(=O)O)C[C@H](O)[C@@H](NC(C)=O)[C@H]([C@H](O)[C@H](O)CO)O3)[C@H](O)[C@H](O)[C@H]2O)[C@@H]1O. The van der Waals surface area contributed by atoms with E-state index in [0.29, 0.717) is 0 Å². The summed E-state index contributed by atoms with van der Waals surface area (Å²) in [5.41, 5.74) is 0. The summed E-state index contributed by atoms with van der Waals surface area (Å²) < 4.78 is 93.4. The fourth-order valence-electron chi connectivity index (χ4n) is 14.7. The number of aliphatic hydroxyl groups excluding tert-OH is 27. The van der Waals surface area contributed by atoms with Gasteiger partial charge in [-0.3, -0.25) is 19.2 Å². The highest BCUT2D eigenvalue weighted by Crippen LogP contribution is 2.40. The number of carboxylic acids is 1. The van der Waals surface area contributed by atoms with E-state index in [4.69, 9.17) is 75.8 Å². The Morgan fingerprint density at radius 3 is 1.19 bits per heavy atom. The van der Waals surface area contributed by atoms with Crippen molar-refractivity contribution < 1.29 is 243 Å². The van der Waals surface area contributed by atoms with Crippen LogP contribution in [0.3, 0.4) is 0 Å². The summed E-state index contributed by atoms with van der Waals surface area (Å²) in [6.45, 7) is -7.89. The minimum absolute atomic E-state index is 0.828. The average Bonchev–Trinajstić information content (AvgIpc) is 0.768. The zero-order valence-electron chi connectivity index (χ0n) is 63.3. The highest BCUT2D eigenvalue weighted by atomic mass is 16.8. The molecule has 8 rings (SSSR count). The van der Waals surface area contributed by atoms with E-state index in [0.717, 1.165) is 27.7 Å². The lowest BCUT2D eigenvalue weighted by Gasteiger charge is -2.50. The molecule has 8 aliphatic rings. The predicted molar refractivity (Wildman–Crippen MR) is 363 cm³/mol. The smallest absolute Gasteiger partial charge is 0.364 e. The van der Waals surface area contributed by atoms with Gasteiger partial charge in [0.05, 0.1) is 78.2 Å². The Balaban J connectivity index is 1.01. The number of carboxylic acid groups (broad SMARTS) is 1. The summed E-state index contributed by atoms with van der Waals surface area (Å²) in [5, 5.41) is 315. The van der Waals surface area contributed by atoms with Gasteiger partial charge >= 0.3 is 5.97 Å². The van der Waals surface area contributed by atoms with Crippen molar-refractivity contribution in [2.45, 2.75) is 310 Å². The molecule has 118 heavy (non-hydrogen) atoms. The van der Waals surface area contributed by atoms with E-state index in [2.05, 4.69) is 21.3 Å². The number of aliphatic hydroxyl groups is 27. The summed E-state index contributed by atoms with van der Waals surface area (Å²) in [4.78, 5) is 63.9. The molecule has 53 heteroatoms. The number of nitrogens with one attached hydrogen (secondary N) is 4.